The Morgan fingerprint density at radius 2 is 2.44 bits per heavy atom. The molecule has 0 saturated carbocycles. The molecule has 1 heterocycles. The topological polar surface area (TPSA) is 67.8 Å². The summed E-state index contributed by atoms with van der Waals surface area (Å²) in [6.45, 7) is 6.60. The molecular weight excluding hydrogens is 210 g/mol. The average Bonchev–Trinajstić information content (AvgIpc) is 2.57. The van der Waals surface area contributed by atoms with Gasteiger partial charge in [0.05, 0.1) is 12.7 Å². The van der Waals surface area contributed by atoms with Crippen molar-refractivity contribution in [1.82, 2.24) is 5.32 Å². The lowest BCUT2D eigenvalue weighted by atomic mass is 9.96. The number of carbonyl (C=O) groups excluding carboxylic acids is 1. The number of carbonyl (C=O) groups is 1. The number of esters is 1. The highest BCUT2D eigenvalue weighted by atomic mass is 16.5. The zero-order valence-electron chi connectivity index (χ0n) is 10.2. The monoisotopic (exact) mass is 231 g/mol. The number of ether oxygens (including phenoxy) is 2. The highest BCUT2D eigenvalue weighted by Crippen LogP contribution is 2.24. The molecule has 0 aliphatic carbocycles. The maximum absolute atomic E-state index is 11.3. The third kappa shape index (κ3) is 3.17. The number of hydrogen-bond donors (Lipinski definition) is 2. The maximum atomic E-state index is 11.3. The van der Waals surface area contributed by atoms with Gasteiger partial charge in [-0.25, -0.2) is 0 Å². The lowest BCUT2D eigenvalue weighted by Crippen LogP contribution is -2.50. The van der Waals surface area contributed by atoms with Crippen LogP contribution in [0.4, 0.5) is 0 Å². The van der Waals surface area contributed by atoms with Crippen molar-refractivity contribution < 1.29 is 19.4 Å². The van der Waals surface area contributed by atoms with Gasteiger partial charge in [0.1, 0.15) is 11.6 Å². The van der Waals surface area contributed by atoms with Crippen molar-refractivity contribution >= 4 is 5.97 Å². The van der Waals surface area contributed by atoms with E-state index in [1.165, 1.54) is 0 Å². The molecule has 3 atom stereocenters. The van der Waals surface area contributed by atoms with E-state index in [1.807, 2.05) is 6.92 Å². The van der Waals surface area contributed by atoms with Crippen LogP contribution in [0.2, 0.25) is 0 Å². The van der Waals surface area contributed by atoms with Gasteiger partial charge in [0.15, 0.2) is 0 Å². The minimum Gasteiger partial charge on any atom is -0.465 e. The molecule has 5 nitrogen and oxygen atoms in total. The number of rotatable bonds is 5. The second-order valence-electron chi connectivity index (χ2n) is 4.22. The lowest BCUT2D eigenvalue weighted by Gasteiger charge is -2.27. The van der Waals surface area contributed by atoms with Gasteiger partial charge in [-0.2, -0.15) is 0 Å². The Morgan fingerprint density at radius 1 is 1.75 bits per heavy atom. The van der Waals surface area contributed by atoms with Gasteiger partial charge in [0, 0.05) is 19.6 Å². The first kappa shape index (κ1) is 13.4. The molecule has 0 aromatic heterocycles. The molecule has 0 aromatic carbocycles. The largest absolute Gasteiger partial charge is 0.465 e. The fourth-order valence-electron chi connectivity index (χ4n) is 1.68. The van der Waals surface area contributed by atoms with E-state index in [1.54, 1.807) is 13.8 Å². The summed E-state index contributed by atoms with van der Waals surface area (Å²) in [4.78, 5) is 11.3. The SMILES string of the molecule is CCOC(=O)C(C)NCC1(O)CCOC1C. The zero-order chi connectivity index (χ0) is 12.2. The summed E-state index contributed by atoms with van der Waals surface area (Å²) in [7, 11) is 0. The van der Waals surface area contributed by atoms with Gasteiger partial charge in [0.2, 0.25) is 0 Å². The van der Waals surface area contributed by atoms with E-state index in [9.17, 15) is 9.90 Å². The molecule has 0 amide bonds. The fourth-order valence-corrected chi connectivity index (χ4v) is 1.68. The minimum atomic E-state index is -0.874. The molecule has 1 fully saturated rings. The number of nitrogens with one attached hydrogen (secondary N) is 1. The summed E-state index contributed by atoms with van der Waals surface area (Å²) in [5.41, 5.74) is -0.874. The molecule has 1 rings (SSSR count). The van der Waals surface area contributed by atoms with Crippen molar-refractivity contribution in [2.24, 2.45) is 0 Å². The van der Waals surface area contributed by atoms with Crippen molar-refractivity contribution in [1.29, 1.82) is 0 Å². The van der Waals surface area contributed by atoms with Crippen LogP contribution >= 0.6 is 0 Å². The van der Waals surface area contributed by atoms with Crippen LogP contribution in [-0.2, 0) is 14.3 Å². The van der Waals surface area contributed by atoms with Crippen LogP contribution in [0.15, 0.2) is 0 Å². The van der Waals surface area contributed by atoms with Crippen LogP contribution < -0.4 is 5.32 Å². The maximum Gasteiger partial charge on any atom is 0.322 e. The second kappa shape index (κ2) is 5.61. The Hall–Kier alpha value is -0.650. The van der Waals surface area contributed by atoms with E-state index >= 15 is 0 Å². The average molecular weight is 231 g/mol. The summed E-state index contributed by atoms with van der Waals surface area (Å²) >= 11 is 0. The van der Waals surface area contributed by atoms with E-state index in [0.717, 1.165) is 0 Å². The van der Waals surface area contributed by atoms with Crippen molar-refractivity contribution in [3.8, 4) is 0 Å². The molecule has 0 spiro atoms. The normalized spacial score (nSPS) is 31.4. The molecule has 2 N–H and O–H groups in total. The van der Waals surface area contributed by atoms with E-state index in [0.29, 0.717) is 26.2 Å². The van der Waals surface area contributed by atoms with Crippen LogP contribution in [0.1, 0.15) is 27.2 Å². The van der Waals surface area contributed by atoms with Crippen LogP contribution in [0.25, 0.3) is 0 Å². The molecule has 1 aliphatic rings. The number of aliphatic hydroxyl groups is 1. The van der Waals surface area contributed by atoms with E-state index in [-0.39, 0.29) is 12.1 Å². The van der Waals surface area contributed by atoms with Crippen molar-refractivity contribution in [2.75, 3.05) is 19.8 Å². The van der Waals surface area contributed by atoms with Gasteiger partial charge in [-0.1, -0.05) is 0 Å². The van der Waals surface area contributed by atoms with Gasteiger partial charge >= 0.3 is 5.97 Å². The summed E-state index contributed by atoms with van der Waals surface area (Å²) in [5.74, 6) is -0.294. The Labute approximate surface area is 96.1 Å². The Morgan fingerprint density at radius 3 is 2.94 bits per heavy atom. The third-order valence-corrected chi connectivity index (χ3v) is 3.01. The van der Waals surface area contributed by atoms with E-state index in [4.69, 9.17) is 9.47 Å². The Bertz CT molecular complexity index is 246. The van der Waals surface area contributed by atoms with E-state index in [2.05, 4.69) is 5.32 Å². The molecule has 0 radical (unpaired) electrons. The predicted molar refractivity (Wildman–Crippen MR) is 59.1 cm³/mol. The summed E-state index contributed by atoms with van der Waals surface area (Å²) in [5, 5.41) is 13.2. The predicted octanol–water partition coefficient (Wildman–Crippen LogP) is 0.0675. The molecule has 5 heteroatoms. The molecule has 1 saturated heterocycles. The fraction of sp³-hybridized carbons (Fsp3) is 0.909. The highest BCUT2D eigenvalue weighted by molar-refractivity contribution is 5.75. The molecule has 3 unspecified atom stereocenters. The minimum absolute atomic E-state index is 0.200. The quantitative estimate of drug-likeness (QED) is 0.655. The summed E-state index contributed by atoms with van der Waals surface area (Å²) in [6, 6.07) is -0.406. The first-order chi connectivity index (χ1) is 7.49. The first-order valence-corrected chi connectivity index (χ1v) is 5.73. The molecular formula is C11H21NO4. The molecule has 0 bridgehead atoms. The molecule has 94 valence electrons. The van der Waals surface area contributed by atoms with Crippen LogP contribution in [0.5, 0.6) is 0 Å². The van der Waals surface area contributed by atoms with Gasteiger partial charge < -0.3 is 19.9 Å². The Kier molecular flexibility index (Phi) is 4.70. The highest BCUT2D eigenvalue weighted by Gasteiger charge is 2.39. The van der Waals surface area contributed by atoms with Gasteiger partial charge in [-0.05, 0) is 20.8 Å². The molecule has 16 heavy (non-hydrogen) atoms. The van der Waals surface area contributed by atoms with Gasteiger partial charge in [-0.3, -0.25) is 4.79 Å². The van der Waals surface area contributed by atoms with Crippen molar-refractivity contribution in [3.63, 3.8) is 0 Å². The van der Waals surface area contributed by atoms with E-state index < -0.39 is 11.6 Å². The Balaban J connectivity index is 2.36. The molecule has 1 aliphatic heterocycles. The van der Waals surface area contributed by atoms with Crippen LogP contribution in [0, 0.1) is 0 Å². The van der Waals surface area contributed by atoms with Crippen molar-refractivity contribution in [2.45, 2.75) is 44.9 Å². The summed E-state index contributed by atoms with van der Waals surface area (Å²) in [6.07, 6.45) is 0.394. The van der Waals surface area contributed by atoms with Crippen LogP contribution in [-0.4, -0.2) is 48.6 Å². The van der Waals surface area contributed by atoms with Gasteiger partial charge in [0.25, 0.3) is 0 Å². The lowest BCUT2D eigenvalue weighted by molar-refractivity contribution is -0.145. The summed E-state index contributed by atoms with van der Waals surface area (Å²) < 4.78 is 10.2. The third-order valence-electron chi connectivity index (χ3n) is 3.01. The smallest absolute Gasteiger partial charge is 0.322 e. The van der Waals surface area contributed by atoms with Crippen molar-refractivity contribution in [3.05, 3.63) is 0 Å². The van der Waals surface area contributed by atoms with Gasteiger partial charge in [-0.15, -0.1) is 0 Å². The second-order valence-corrected chi connectivity index (χ2v) is 4.22. The zero-order valence-corrected chi connectivity index (χ0v) is 10.2. The standard InChI is InChI=1S/C11H21NO4/c1-4-15-10(13)8(2)12-7-11(14)5-6-16-9(11)3/h8-9,12,14H,4-7H2,1-3H3. The van der Waals surface area contributed by atoms with Crippen LogP contribution in [0.3, 0.4) is 0 Å². The molecule has 0 aromatic rings. The first-order valence-electron chi connectivity index (χ1n) is 5.73. The number of hydrogen-bond acceptors (Lipinski definition) is 5.